The van der Waals surface area contributed by atoms with E-state index in [1.165, 1.54) is 42.4 Å². The van der Waals surface area contributed by atoms with E-state index >= 15 is 0 Å². The third-order valence-corrected chi connectivity index (χ3v) is 4.16. The van der Waals surface area contributed by atoms with Crippen LogP contribution in [-0.4, -0.2) is 7.05 Å². The minimum absolute atomic E-state index is 0.546. The Hall–Kier alpha value is -0.820. The lowest BCUT2D eigenvalue weighted by Gasteiger charge is -2.30. The van der Waals surface area contributed by atoms with Crippen LogP contribution >= 0.6 is 0 Å². The van der Waals surface area contributed by atoms with Crippen LogP contribution in [-0.2, 0) is 0 Å². The maximum atomic E-state index is 3.49. The number of aryl methyl sites for hydroxylation is 1. The molecule has 1 aromatic carbocycles. The summed E-state index contributed by atoms with van der Waals surface area (Å²) in [5.41, 5.74) is 4.36. The van der Waals surface area contributed by atoms with Crippen molar-refractivity contribution in [3.8, 4) is 0 Å². The fourth-order valence-corrected chi connectivity index (χ4v) is 2.61. The van der Waals surface area contributed by atoms with Gasteiger partial charge in [0, 0.05) is 6.04 Å². The molecule has 1 atom stereocenters. The standard InChI is InChI=1S/C15H23N/c1-11-6-4-9-14(12(11)2)15(16-3)10-13-7-5-8-13/h4,6,9,13,15-16H,5,7-8,10H2,1-3H3. The Labute approximate surface area is 99.3 Å². The summed E-state index contributed by atoms with van der Waals surface area (Å²) in [4.78, 5) is 0. The number of nitrogens with one attached hydrogen (secondary N) is 1. The SMILES string of the molecule is CNC(CC1CCC1)c1cccc(C)c1C. The van der Waals surface area contributed by atoms with Crippen molar-refractivity contribution in [3.63, 3.8) is 0 Å². The number of hydrogen-bond donors (Lipinski definition) is 1. The Morgan fingerprint density at radius 3 is 2.62 bits per heavy atom. The summed E-state index contributed by atoms with van der Waals surface area (Å²) in [6.45, 7) is 4.45. The molecule has 1 unspecified atom stereocenters. The van der Waals surface area contributed by atoms with Gasteiger partial charge in [-0.2, -0.15) is 0 Å². The van der Waals surface area contributed by atoms with Gasteiger partial charge in [-0.1, -0.05) is 37.5 Å². The van der Waals surface area contributed by atoms with Crippen LogP contribution < -0.4 is 5.32 Å². The first-order valence-corrected chi connectivity index (χ1v) is 6.45. The third-order valence-electron chi connectivity index (χ3n) is 4.16. The molecule has 0 bridgehead atoms. The number of rotatable bonds is 4. The molecule has 16 heavy (non-hydrogen) atoms. The maximum absolute atomic E-state index is 3.49. The molecule has 1 heteroatoms. The van der Waals surface area contributed by atoms with E-state index in [2.05, 4.69) is 44.4 Å². The first kappa shape index (κ1) is 11.7. The molecule has 0 radical (unpaired) electrons. The molecule has 0 heterocycles. The highest BCUT2D eigenvalue weighted by Gasteiger charge is 2.23. The van der Waals surface area contributed by atoms with Crippen molar-refractivity contribution in [1.82, 2.24) is 5.32 Å². The van der Waals surface area contributed by atoms with Crippen molar-refractivity contribution in [3.05, 3.63) is 34.9 Å². The van der Waals surface area contributed by atoms with Crippen LogP contribution in [0.2, 0.25) is 0 Å². The third kappa shape index (κ3) is 2.30. The molecule has 1 N–H and O–H groups in total. The van der Waals surface area contributed by atoms with Gasteiger partial charge >= 0.3 is 0 Å². The largest absolute Gasteiger partial charge is 0.313 e. The summed E-state index contributed by atoms with van der Waals surface area (Å²) in [7, 11) is 2.09. The van der Waals surface area contributed by atoms with Gasteiger partial charge in [0.15, 0.2) is 0 Å². The normalized spacial score (nSPS) is 18.2. The zero-order chi connectivity index (χ0) is 11.5. The number of benzene rings is 1. The molecule has 0 aliphatic heterocycles. The van der Waals surface area contributed by atoms with Crippen LogP contribution in [0.5, 0.6) is 0 Å². The van der Waals surface area contributed by atoms with Crippen molar-refractivity contribution in [2.24, 2.45) is 5.92 Å². The molecule has 1 fully saturated rings. The van der Waals surface area contributed by atoms with E-state index < -0.39 is 0 Å². The van der Waals surface area contributed by atoms with Crippen molar-refractivity contribution in [2.45, 2.75) is 45.6 Å². The highest BCUT2D eigenvalue weighted by Crippen LogP contribution is 2.35. The van der Waals surface area contributed by atoms with Crippen molar-refractivity contribution in [2.75, 3.05) is 7.05 Å². The van der Waals surface area contributed by atoms with Crippen LogP contribution in [0.15, 0.2) is 18.2 Å². The summed E-state index contributed by atoms with van der Waals surface area (Å²) in [6.07, 6.45) is 5.61. The van der Waals surface area contributed by atoms with Crippen LogP contribution in [0.1, 0.15) is 48.4 Å². The smallest absolute Gasteiger partial charge is 0.0322 e. The molecule has 1 aliphatic carbocycles. The van der Waals surface area contributed by atoms with E-state index in [4.69, 9.17) is 0 Å². The van der Waals surface area contributed by atoms with Crippen LogP contribution in [0.3, 0.4) is 0 Å². The predicted octanol–water partition coefficient (Wildman–Crippen LogP) is 3.75. The fourth-order valence-electron chi connectivity index (χ4n) is 2.61. The van der Waals surface area contributed by atoms with Gasteiger partial charge in [0.05, 0.1) is 0 Å². The minimum Gasteiger partial charge on any atom is -0.313 e. The van der Waals surface area contributed by atoms with Crippen molar-refractivity contribution >= 4 is 0 Å². The highest BCUT2D eigenvalue weighted by molar-refractivity contribution is 5.35. The lowest BCUT2D eigenvalue weighted by molar-refractivity contribution is 0.265. The van der Waals surface area contributed by atoms with Crippen molar-refractivity contribution in [1.29, 1.82) is 0 Å². The van der Waals surface area contributed by atoms with Gasteiger partial charge in [0.1, 0.15) is 0 Å². The Bertz CT molecular complexity index is 352. The van der Waals surface area contributed by atoms with Gasteiger partial charge in [0.2, 0.25) is 0 Å². The minimum atomic E-state index is 0.546. The Balaban J connectivity index is 2.15. The van der Waals surface area contributed by atoms with Crippen molar-refractivity contribution < 1.29 is 0 Å². The second kappa shape index (κ2) is 5.01. The molecule has 0 amide bonds. The van der Waals surface area contributed by atoms with Gasteiger partial charge in [-0.15, -0.1) is 0 Å². The van der Waals surface area contributed by atoms with Gasteiger partial charge < -0.3 is 5.32 Å². The quantitative estimate of drug-likeness (QED) is 0.810. The van der Waals surface area contributed by atoms with E-state index in [9.17, 15) is 0 Å². The van der Waals surface area contributed by atoms with Gasteiger partial charge in [0.25, 0.3) is 0 Å². The Kier molecular flexibility index (Phi) is 3.65. The molecule has 0 spiro atoms. The van der Waals surface area contributed by atoms with E-state index in [1.54, 1.807) is 0 Å². The molecule has 1 aliphatic rings. The molecular formula is C15H23N. The first-order chi connectivity index (χ1) is 7.72. The van der Waals surface area contributed by atoms with E-state index in [1.807, 2.05) is 0 Å². The van der Waals surface area contributed by atoms with Gasteiger partial charge in [-0.25, -0.2) is 0 Å². The molecule has 0 aromatic heterocycles. The summed E-state index contributed by atoms with van der Waals surface area (Å²) in [5, 5.41) is 3.49. The predicted molar refractivity (Wildman–Crippen MR) is 69.7 cm³/mol. The Morgan fingerprint density at radius 2 is 2.06 bits per heavy atom. The van der Waals surface area contributed by atoms with Crippen LogP contribution in [0.4, 0.5) is 0 Å². The second-order valence-corrected chi connectivity index (χ2v) is 5.16. The zero-order valence-corrected chi connectivity index (χ0v) is 10.7. The molecule has 2 rings (SSSR count). The monoisotopic (exact) mass is 217 g/mol. The topological polar surface area (TPSA) is 12.0 Å². The molecular weight excluding hydrogens is 194 g/mol. The summed E-state index contributed by atoms with van der Waals surface area (Å²) < 4.78 is 0. The molecule has 1 saturated carbocycles. The van der Waals surface area contributed by atoms with Gasteiger partial charge in [-0.05, 0) is 49.9 Å². The average Bonchev–Trinajstić information content (AvgIpc) is 2.22. The number of hydrogen-bond acceptors (Lipinski definition) is 1. The lowest BCUT2D eigenvalue weighted by atomic mass is 9.79. The van der Waals surface area contributed by atoms with Crippen LogP contribution in [0.25, 0.3) is 0 Å². The molecule has 0 saturated heterocycles. The molecule has 1 nitrogen and oxygen atoms in total. The lowest BCUT2D eigenvalue weighted by Crippen LogP contribution is -2.24. The molecule has 88 valence electrons. The average molecular weight is 217 g/mol. The second-order valence-electron chi connectivity index (χ2n) is 5.16. The van der Waals surface area contributed by atoms with Gasteiger partial charge in [-0.3, -0.25) is 0 Å². The first-order valence-electron chi connectivity index (χ1n) is 6.45. The highest BCUT2D eigenvalue weighted by atomic mass is 14.9. The van der Waals surface area contributed by atoms with Crippen LogP contribution in [0, 0.1) is 19.8 Å². The summed E-state index contributed by atoms with van der Waals surface area (Å²) >= 11 is 0. The zero-order valence-electron chi connectivity index (χ0n) is 10.7. The van der Waals surface area contributed by atoms with E-state index in [0.717, 1.165) is 5.92 Å². The fraction of sp³-hybridized carbons (Fsp3) is 0.600. The molecule has 1 aromatic rings. The van der Waals surface area contributed by atoms with E-state index in [0.29, 0.717) is 6.04 Å². The summed E-state index contributed by atoms with van der Waals surface area (Å²) in [6, 6.07) is 7.21. The Morgan fingerprint density at radius 1 is 1.31 bits per heavy atom. The van der Waals surface area contributed by atoms with E-state index in [-0.39, 0.29) is 0 Å². The maximum Gasteiger partial charge on any atom is 0.0322 e. The summed E-state index contributed by atoms with van der Waals surface area (Å²) in [5.74, 6) is 0.956.